The topological polar surface area (TPSA) is 73.6 Å². The van der Waals surface area contributed by atoms with Crippen LogP contribution in [0.5, 0.6) is 5.75 Å². The Balaban J connectivity index is 2.01. The van der Waals surface area contributed by atoms with Crippen molar-refractivity contribution >= 4 is 5.91 Å². The molecule has 1 aliphatic rings. The van der Waals surface area contributed by atoms with Gasteiger partial charge in [-0.2, -0.15) is 5.26 Å². The Labute approximate surface area is 124 Å². The number of piperidine rings is 1. The molecule has 0 saturated carbocycles. The predicted octanol–water partition coefficient (Wildman–Crippen LogP) is 1.56. The number of nitrogens with zero attached hydrogens (tertiary/aromatic N) is 2. The van der Waals surface area contributed by atoms with E-state index < -0.39 is 6.10 Å². The van der Waals surface area contributed by atoms with E-state index in [2.05, 4.69) is 6.07 Å². The van der Waals surface area contributed by atoms with E-state index in [1.165, 1.54) is 0 Å². The predicted molar refractivity (Wildman–Crippen MR) is 77.6 cm³/mol. The maximum atomic E-state index is 12.4. The summed E-state index contributed by atoms with van der Waals surface area (Å²) in [6.07, 6.45) is 1.21. The highest BCUT2D eigenvalue weighted by atomic mass is 16.5. The summed E-state index contributed by atoms with van der Waals surface area (Å²) in [5.41, 5.74) is 0.420. The minimum absolute atomic E-state index is 0.0964. The Morgan fingerprint density at radius 3 is 3.05 bits per heavy atom. The first-order chi connectivity index (χ1) is 10.2. The molecule has 0 aromatic heterocycles. The van der Waals surface area contributed by atoms with Gasteiger partial charge in [0.2, 0.25) is 0 Å². The molecule has 0 spiro atoms. The van der Waals surface area contributed by atoms with Crippen molar-refractivity contribution in [3.05, 3.63) is 29.8 Å². The molecular formula is C16H20N2O3. The van der Waals surface area contributed by atoms with Crippen molar-refractivity contribution < 1.29 is 14.6 Å². The number of para-hydroxylation sites is 1. The molecule has 1 N–H and O–H groups in total. The monoisotopic (exact) mass is 288 g/mol. The van der Waals surface area contributed by atoms with Crippen LogP contribution in [0, 0.1) is 17.2 Å². The number of aliphatic hydroxyl groups is 1. The second kappa shape index (κ2) is 7.09. The van der Waals surface area contributed by atoms with Crippen molar-refractivity contribution in [2.45, 2.75) is 25.9 Å². The van der Waals surface area contributed by atoms with Gasteiger partial charge in [0, 0.05) is 19.7 Å². The zero-order valence-corrected chi connectivity index (χ0v) is 12.2. The third kappa shape index (κ3) is 3.73. The largest absolute Gasteiger partial charge is 0.480 e. The molecule has 21 heavy (non-hydrogen) atoms. The van der Waals surface area contributed by atoms with Crippen molar-refractivity contribution in [1.29, 1.82) is 5.26 Å². The molecule has 1 aromatic rings. The molecule has 2 unspecified atom stereocenters. The zero-order valence-electron chi connectivity index (χ0n) is 12.2. The number of carbonyl (C=O) groups excluding carboxylic acids is 1. The third-order valence-corrected chi connectivity index (χ3v) is 3.75. The van der Waals surface area contributed by atoms with Crippen molar-refractivity contribution in [3.63, 3.8) is 0 Å². The number of hydrogen-bond acceptors (Lipinski definition) is 4. The highest BCUT2D eigenvalue weighted by molar-refractivity contribution is 5.81. The van der Waals surface area contributed by atoms with E-state index in [0.717, 1.165) is 12.8 Å². The number of ether oxygens (including phenoxy) is 1. The molecule has 1 heterocycles. The Hall–Kier alpha value is -2.06. The van der Waals surface area contributed by atoms with Gasteiger partial charge in [-0.3, -0.25) is 4.79 Å². The number of nitriles is 1. The molecule has 5 nitrogen and oxygen atoms in total. The summed E-state index contributed by atoms with van der Waals surface area (Å²) in [6, 6.07) is 8.94. The molecule has 1 aliphatic heterocycles. The fourth-order valence-electron chi connectivity index (χ4n) is 2.57. The number of benzene rings is 1. The highest BCUT2D eigenvalue weighted by Crippen LogP contribution is 2.21. The van der Waals surface area contributed by atoms with Gasteiger partial charge in [0.25, 0.3) is 5.91 Å². The van der Waals surface area contributed by atoms with E-state index in [-0.39, 0.29) is 18.4 Å². The molecule has 0 aliphatic carbocycles. The Morgan fingerprint density at radius 1 is 1.57 bits per heavy atom. The molecule has 0 radical (unpaired) electrons. The van der Waals surface area contributed by atoms with Crippen LogP contribution in [0.15, 0.2) is 24.3 Å². The summed E-state index contributed by atoms with van der Waals surface area (Å²) in [4.78, 5) is 14.1. The molecule has 5 heteroatoms. The van der Waals surface area contributed by atoms with Crippen LogP contribution in [0.4, 0.5) is 0 Å². The number of rotatable bonds is 4. The molecule has 0 bridgehead atoms. The van der Waals surface area contributed by atoms with Crippen LogP contribution in [0.2, 0.25) is 0 Å². The maximum Gasteiger partial charge on any atom is 0.263 e. The smallest absolute Gasteiger partial charge is 0.263 e. The summed E-state index contributed by atoms with van der Waals surface area (Å²) < 4.78 is 5.64. The molecule has 2 atom stereocenters. The summed E-state index contributed by atoms with van der Waals surface area (Å²) in [7, 11) is 0. The first-order valence-electron chi connectivity index (χ1n) is 7.21. The minimum Gasteiger partial charge on any atom is -0.480 e. The number of aliphatic hydroxyl groups excluding tert-OH is 1. The van der Waals surface area contributed by atoms with E-state index in [9.17, 15) is 9.90 Å². The number of hydrogen-bond donors (Lipinski definition) is 1. The van der Waals surface area contributed by atoms with E-state index in [1.54, 1.807) is 36.1 Å². The third-order valence-electron chi connectivity index (χ3n) is 3.75. The molecule has 1 aromatic carbocycles. The van der Waals surface area contributed by atoms with Crippen LogP contribution in [-0.2, 0) is 4.79 Å². The van der Waals surface area contributed by atoms with Gasteiger partial charge < -0.3 is 14.7 Å². The van der Waals surface area contributed by atoms with E-state index in [0.29, 0.717) is 24.4 Å². The van der Waals surface area contributed by atoms with Gasteiger partial charge in [-0.1, -0.05) is 12.1 Å². The highest BCUT2D eigenvalue weighted by Gasteiger charge is 2.27. The van der Waals surface area contributed by atoms with Crippen molar-refractivity contribution in [2.24, 2.45) is 5.92 Å². The maximum absolute atomic E-state index is 12.4. The number of likely N-dealkylation sites (tertiary alicyclic amines) is 1. The van der Waals surface area contributed by atoms with E-state index >= 15 is 0 Å². The molecule has 1 amide bonds. The Bertz CT molecular complexity index is 539. The van der Waals surface area contributed by atoms with Gasteiger partial charge in [0.15, 0.2) is 6.10 Å². The quantitative estimate of drug-likeness (QED) is 0.912. The second-order valence-electron chi connectivity index (χ2n) is 5.34. The van der Waals surface area contributed by atoms with Crippen LogP contribution in [-0.4, -0.2) is 41.7 Å². The number of amides is 1. The number of carbonyl (C=O) groups is 1. The SMILES string of the molecule is CC(Oc1ccccc1C#N)C(=O)N1CCCC(CO)C1. The fourth-order valence-corrected chi connectivity index (χ4v) is 2.57. The molecule has 1 saturated heterocycles. The minimum atomic E-state index is -0.642. The lowest BCUT2D eigenvalue weighted by atomic mass is 9.99. The van der Waals surface area contributed by atoms with E-state index in [1.807, 2.05) is 0 Å². The van der Waals surface area contributed by atoms with Crippen LogP contribution in [0.3, 0.4) is 0 Å². The van der Waals surface area contributed by atoms with Gasteiger partial charge in [-0.25, -0.2) is 0 Å². The average molecular weight is 288 g/mol. The lowest BCUT2D eigenvalue weighted by Crippen LogP contribution is -2.46. The normalized spacial score (nSPS) is 19.7. The van der Waals surface area contributed by atoms with Crippen LogP contribution < -0.4 is 4.74 Å². The Morgan fingerprint density at radius 2 is 2.33 bits per heavy atom. The van der Waals surface area contributed by atoms with Crippen molar-refractivity contribution in [1.82, 2.24) is 4.90 Å². The van der Waals surface area contributed by atoms with Gasteiger partial charge >= 0.3 is 0 Å². The van der Waals surface area contributed by atoms with Crippen LogP contribution in [0.25, 0.3) is 0 Å². The molecular weight excluding hydrogens is 268 g/mol. The molecule has 1 fully saturated rings. The van der Waals surface area contributed by atoms with Gasteiger partial charge in [0.1, 0.15) is 11.8 Å². The average Bonchev–Trinajstić information content (AvgIpc) is 2.54. The van der Waals surface area contributed by atoms with Gasteiger partial charge in [0.05, 0.1) is 5.56 Å². The lowest BCUT2D eigenvalue weighted by molar-refractivity contribution is -0.140. The molecule has 112 valence electrons. The summed E-state index contributed by atoms with van der Waals surface area (Å²) >= 11 is 0. The summed E-state index contributed by atoms with van der Waals surface area (Å²) in [5.74, 6) is 0.485. The first-order valence-corrected chi connectivity index (χ1v) is 7.21. The Kier molecular flexibility index (Phi) is 5.18. The van der Waals surface area contributed by atoms with Gasteiger partial charge in [-0.05, 0) is 37.8 Å². The second-order valence-corrected chi connectivity index (χ2v) is 5.34. The van der Waals surface area contributed by atoms with Crippen molar-refractivity contribution in [3.8, 4) is 11.8 Å². The zero-order chi connectivity index (χ0) is 15.2. The summed E-state index contributed by atoms with van der Waals surface area (Å²) in [6.45, 7) is 3.07. The standard InChI is InChI=1S/C16H20N2O3/c1-12(21-15-7-3-2-6-14(15)9-17)16(20)18-8-4-5-13(10-18)11-19/h2-3,6-7,12-13,19H,4-5,8,10-11H2,1H3. The first kappa shape index (κ1) is 15.3. The van der Waals surface area contributed by atoms with E-state index in [4.69, 9.17) is 10.00 Å². The van der Waals surface area contributed by atoms with Crippen molar-refractivity contribution in [2.75, 3.05) is 19.7 Å². The fraction of sp³-hybridized carbons (Fsp3) is 0.500. The summed E-state index contributed by atoms with van der Waals surface area (Å²) in [5, 5.41) is 18.3. The van der Waals surface area contributed by atoms with Gasteiger partial charge in [-0.15, -0.1) is 0 Å². The molecule has 2 rings (SSSR count). The van der Waals surface area contributed by atoms with Crippen LogP contribution >= 0.6 is 0 Å². The lowest BCUT2D eigenvalue weighted by Gasteiger charge is -2.33. The van der Waals surface area contributed by atoms with Crippen LogP contribution in [0.1, 0.15) is 25.3 Å².